The number of hydrogen-bond acceptors (Lipinski definition) is 5. The van der Waals surface area contributed by atoms with E-state index >= 15 is 0 Å². The van der Waals surface area contributed by atoms with Gasteiger partial charge in [0.2, 0.25) is 10.0 Å². The lowest BCUT2D eigenvalue weighted by atomic mass is 10.0. The summed E-state index contributed by atoms with van der Waals surface area (Å²) in [6.45, 7) is 4.45. The van der Waals surface area contributed by atoms with Crippen LogP contribution in [0.3, 0.4) is 0 Å². The molecule has 9 heteroatoms. The van der Waals surface area contributed by atoms with Gasteiger partial charge in [0, 0.05) is 23.7 Å². The van der Waals surface area contributed by atoms with E-state index in [4.69, 9.17) is 0 Å². The summed E-state index contributed by atoms with van der Waals surface area (Å²) in [5.41, 5.74) is 2.35. The van der Waals surface area contributed by atoms with Crippen LogP contribution in [0.2, 0.25) is 0 Å². The van der Waals surface area contributed by atoms with Crippen LogP contribution in [0, 0.1) is 6.92 Å². The summed E-state index contributed by atoms with van der Waals surface area (Å²) in [7, 11) is -6.90. The molecule has 0 fully saturated rings. The summed E-state index contributed by atoms with van der Waals surface area (Å²) in [5, 5.41) is 0. The first kappa shape index (κ1) is 19.3. The quantitative estimate of drug-likeness (QED) is 0.788. The molecule has 1 N–H and O–H groups in total. The van der Waals surface area contributed by atoms with Crippen LogP contribution in [0.25, 0.3) is 0 Å². The van der Waals surface area contributed by atoms with Gasteiger partial charge in [-0.25, -0.2) is 16.8 Å². The fourth-order valence-corrected chi connectivity index (χ4v) is 6.79. The number of hydrogen-bond donors (Lipinski definition) is 1. The van der Waals surface area contributed by atoms with Gasteiger partial charge >= 0.3 is 0 Å². The van der Waals surface area contributed by atoms with Gasteiger partial charge < -0.3 is 0 Å². The molecule has 142 valence electrons. The average Bonchev–Trinajstić information content (AvgIpc) is 3.01. The Morgan fingerprint density at radius 2 is 1.88 bits per heavy atom. The third-order valence-electron chi connectivity index (χ3n) is 4.27. The zero-order valence-electron chi connectivity index (χ0n) is 14.7. The van der Waals surface area contributed by atoms with Gasteiger partial charge in [0.15, 0.2) is 0 Å². The van der Waals surface area contributed by atoms with Crippen molar-refractivity contribution >= 4 is 37.1 Å². The Labute approximate surface area is 159 Å². The van der Waals surface area contributed by atoms with Crippen molar-refractivity contribution in [3.8, 4) is 0 Å². The molecule has 1 aliphatic heterocycles. The van der Waals surface area contributed by atoms with Crippen LogP contribution in [-0.2, 0) is 33.0 Å². The first-order valence-corrected chi connectivity index (χ1v) is 12.3. The molecule has 1 aromatic carbocycles. The summed E-state index contributed by atoms with van der Waals surface area (Å²) in [6.07, 6.45) is 1.21. The number of nitrogens with zero attached hydrogens (tertiary/aromatic N) is 1. The number of anilines is 1. The third-order valence-corrected chi connectivity index (χ3v) is 9.17. The molecule has 6 nitrogen and oxygen atoms in total. The molecule has 0 unspecified atom stereocenters. The predicted octanol–water partition coefficient (Wildman–Crippen LogP) is 2.96. The van der Waals surface area contributed by atoms with Crippen molar-refractivity contribution < 1.29 is 16.8 Å². The number of benzene rings is 1. The summed E-state index contributed by atoms with van der Waals surface area (Å²) >= 11 is 1.21. The second-order valence-electron chi connectivity index (χ2n) is 6.35. The van der Waals surface area contributed by atoms with E-state index in [0.29, 0.717) is 25.1 Å². The minimum atomic E-state index is -3.63. The third kappa shape index (κ3) is 4.11. The van der Waals surface area contributed by atoms with E-state index in [1.807, 2.05) is 19.9 Å². The van der Waals surface area contributed by atoms with Gasteiger partial charge in [0.25, 0.3) is 10.0 Å². The van der Waals surface area contributed by atoms with Crippen LogP contribution in [-0.4, -0.2) is 33.4 Å². The van der Waals surface area contributed by atoms with Crippen LogP contribution in [0.15, 0.2) is 34.5 Å². The molecule has 26 heavy (non-hydrogen) atoms. The lowest BCUT2D eigenvalue weighted by molar-refractivity contribution is 0.391. The van der Waals surface area contributed by atoms with Gasteiger partial charge in [-0.15, -0.1) is 11.3 Å². The van der Waals surface area contributed by atoms with E-state index in [2.05, 4.69) is 4.72 Å². The van der Waals surface area contributed by atoms with E-state index in [0.717, 1.165) is 16.0 Å². The topological polar surface area (TPSA) is 83.6 Å². The van der Waals surface area contributed by atoms with Crippen molar-refractivity contribution in [1.29, 1.82) is 0 Å². The SMILES string of the molecule is CCCS(=O)(=O)N1CCc2ccc(NS(=O)(=O)c3ccc(C)s3)cc2C1. The minimum absolute atomic E-state index is 0.131. The Morgan fingerprint density at radius 1 is 1.12 bits per heavy atom. The Bertz CT molecular complexity index is 1010. The molecule has 0 amide bonds. The first-order valence-electron chi connectivity index (χ1n) is 8.40. The van der Waals surface area contributed by atoms with Crippen LogP contribution in [0.1, 0.15) is 29.3 Å². The molecule has 2 aromatic rings. The molecule has 0 radical (unpaired) electrons. The highest BCUT2D eigenvalue weighted by Gasteiger charge is 2.26. The maximum Gasteiger partial charge on any atom is 0.271 e. The summed E-state index contributed by atoms with van der Waals surface area (Å²) in [5.74, 6) is 0.131. The molecular formula is C17H22N2O4S3. The van der Waals surface area contributed by atoms with Crippen molar-refractivity contribution in [2.45, 2.75) is 37.4 Å². The lowest BCUT2D eigenvalue weighted by Crippen LogP contribution is -2.37. The first-order chi connectivity index (χ1) is 12.2. The van der Waals surface area contributed by atoms with E-state index < -0.39 is 20.0 Å². The number of nitrogens with one attached hydrogen (secondary N) is 1. The summed E-state index contributed by atoms with van der Waals surface area (Å²) < 4.78 is 53.9. The predicted molar refractivity (Wildman–Crippen MR) is 104 cm³/mol. The Kier molecular flexibility index (Phi) is 5.43. The van der Waals surface area contributed by atoms with Crippen molar-refractivity contribution in [2.75, 3.05) is 17.0 Å². The van der Waals surface area contributed by atoms with Gasteiger partial charge in [-0.3, -0.25) is 4.72 Å². The maximum absolute atomic E-state index is 12.5. The zero-order valence-corrected chi connectivity index (χ0v) is 17.2. The Hall–Kier alpha value is -1.42. The highest BCUT2D eigenvalue weighted by Crippen LogP contribution is 2.27. The highest BCUT2D eigenvalue weighted by atomic mass is 32.2. The van der Waals surface area contributed by atoms with E-state index in [-0.39, 0.29) is 16.5 Å². The van der Waals surface area contributed by atoms with Crippen molar-refractivity contribution in [2.24, 2.45) is 0 Å². The molecule has 1 aromatic heterocycles. The Balaban J connectivity index is 1.83. The monoisotopic (exact) mass is 414 g/mol. The average molecular weight is 415 g/mol. The van der Waals surface area contributed by atoms with Crippen LogP contribution >= 0.6 is 11.3 Å². The summed E-state index contributed by atoms with van der Waals surface area (Å²) in [4.78, 5) is 0.924. The molecule has 0 aliphatic carbocycles. The number of sulfonamides is 2. The van der Waals surface area contributed by atoms with Crippen LogP contribution in [0.5, 0.6) is 0 Å². The normalized spacial score (nSPS) is 15.6. The van der Waals surface area contributed by atoms with Crippen molar-refractivity contribution in [3.63, 3.8) is 0 Å². The molecule has 0 bridgehead atoms. The van der Waals surface area contributed by atoms with Crippen molar-refractivity contribution in [3.05, 3.63) is 46.3 Å². The lowest BCUT2D eigenvalue weighted by Gasteiger charge is -2.28. The molecule has 1 aliphatic rings. The van der Waals surface area contributed by atoms with Gasteiger partial charge in [0.05, 0.1) is 5.75 Å². The zero-order chi connectivity index (χ0) is 18.9. The fourth-order valence-electron chi connectivity index (χ4n) is 2.98. The van der Waals surface area contributed by atoms with Gasteiger partial charge in [0.1, 0.15) is 4.21 Å². The minimum Gasteiger partial charge on any atom is -0.279 e. The fraction of sp³-hybridized carbons (Fsp3) is 0.412. The van der Waals surface area contributed by atoms with E-state index in [1.54, 1.807) is 24.3 Å². The molecule has 0 saturated heterocycles. The molecule has 0 spiro atoms. The van der Waals surface area contributed by atoms with Crippen LogP contribution in [0.4, 0.5) is 5.69 Å². The maximum atomic E-state index is 12.5. The number of aryl methyl sites for hydroxylation is 1. The van der Waals surface area contributed by atoms with Gasteiger partial charge in [-0.2, -0.15) is 4.31 Å². The molecule has 3 rings (SSSR count). The standard InChI is InChI=1S/C17H22N2O4S3/c1-3-10-25(20,21)19-9-8-14-5-6-16(11-15(14)12-19)18-26(22,23)17-7-4-13(2)24-17/h4-7,11,18H,3,8-10,12H2,1-2H3. The number of fused-ring (bicyclic) bond motifs is 1. The molecule has 0 saturated carbocycles. The second kappa shape index (κ2) is 7.30. The summed E-state index contributed by atoms with van der Waals surface area (Å²) in [6, 6.07) is 8.69. The van der Waals surface area contributed by atoms with E-state index in [9.17, 15) is 16.8 Å². The smallest absolute Gasteiger partial charge is 0.271 e. The Morgan fingerprint density at radius 3 is 2.54 bits per heavy atom. The van der Waals surface area contributed by atoms with E-state index in [1.165, 1.54) is 15.6 Å². The van der Waals surface area contributed by atoms with Crippen LogP contribution < -0.4 is 4.72 Å². The molecular weight excluding hydrogens is 392 g/mol. The molecule has 0 atom stereocenters. The van der Waals surface area contributed by atoms with Crippen molar-refractivity contribution in [1.82, 2.24) is 4.31 Å². The number of rotatable bonds is 6. The second-order valence-corrected chi connectivity index (χ2v) is 11.6. The molecule has 2 heterocycles. The number of thiophene rings is 1. The highest BCUT2D eigenvalue weighted by molar-refractivity contribution is 7.94. The van der Waals surface area contributed by atoms with Gasteiger partial charge in [-0.1, -0.05) is 13.0 Å². The van der Waals surface area contributed by atoms with Gasteiger partial charge in [-0.05, 0) is 55.2 Å². The largest absolute Gasteiger partial charge is 0.279 e.